The van der Waals surface area contributed by atoms with Crippen molar-refractivity contribution in [3.05, 3.63) is 71.8 Å². The molecule has 268 valence electrons. The van der Waals surface area contributed by atoms with Crippen molar-refractivity contribution >= 4 is 58.5 Å². The van der Waals surface area contributed by atoms with Crippen LogP contribution in [0.1, 0.15) is 51.7 Å². The molecule has 2 aromatic carbocycles. The molecule has 12 heteroatoms. The molecule has 0 bridgehead atoms. The van der Waals surface area contributed by atoms with Gasteiger partial charge >= 0.3 is 12.1 Å². The summed E-state index contributed by atoms with van der Waals surface area (Å²) in [5.41, 5.74) is 14.1. The van der Waals surface area contributed by atoms with Crippen molar-refractivity contribution in [2.75, 3.05) is 57.3 Å². The molecule has 0 saturated carbocycles. The lowest BCUT2D eigenvalue weighted by molar-refractivity contribution is 0.192. The van der Waals surface area contributed by atoms with Crippen LogP contribution in [0.15, 0.2) is 60.7 Å². The van der Waals surface area contributed by atoms with Crippen molar-refractivity contribution in [2.45, 2.75) is 59.4 Å². The van der Waals surface area contributed by atoms with E-state index in [1.165, 1.54) is 11.1 Å². The molecule has 4 amide bonds. The monoisotopic (exact) mass is 730 g/mol. The minimum Gasteiger partial charge on any atom is -0.338 e. The second-order valence-electron chi connectivity index (χ2n) is 12.6. The average Bonchev–Trinajstić information content (AvgIpc) is 3.02. The van der Waals surface area contributed by atoms with Gasteiger partial charge in [0.2, 0.25) is 0 Å². The predicted octanol–water partition coefficient (Wildman–Crippen LogP) is 6.71. The molecule has 47 heavy (non-hydrogen) atoms. The zero-order valence-electron chi connectivity index (χ0n) is 28.8. The van der Waals surface area contributed by atoms with E-state index in [2.05, 4.69) is 74.7 Å². The number of nitrogens with zero attached hydrogens (tertiary/aromatic N) is 2. The molecule has 0 unspecified atom stereocenters. The molecule has 0 aromatic heterocycles. The first kappa shape index (κ1) is 45.2. The zero-order chi connectivity index (χ0) is 32.9. The first-order valence-corrected chi connectivity index (χ1v) is 19.0. The highest BCUT2D eigenvalue weighted by Gasteiger charge is 2.20. The van der Waals surface area contributed by atoms with Crippen molar-refractivity contribution in [3.63, 3.8) is 0 Å². The third-order valence-electron chi connectivity index (χ3n) is 7.54. The number of hydrogen-bond acceptors (Lipinski definition) is 6. The van der Waals surface area contributed by atoms with E-state index in [1.54, 1.807) is 10.8 Å². The summed E-state index contributed by atoms with van der Waals surface area (Å²) in [4.78, 5) is 30.1. The lowest BCUT2D eigenvalue weighted by atomic mass is 10.0. The van der Waals surface area contributed by atoms with Gasteiger partial charge in [0.05, 0.1) is 0 Å². The highest BCUT2D eigenvalue weighted by atomic mass is 35.5. The van der Waals surface area contributed by atoms with Crippen LogP contribution in [0.3, 0.4) is 0 Å². The third kappa shape index (κ3) is 20.3. The Kier molecular flexibility index (Phi) is 26.0. The van der Waals surface area contributed by atoms with Crippen LogP contribution in [0.25, 0.3) is 0 Å². The van der Waals surface area contributed by atoms with Crippen LogP contribution in [-0.4, -0.2) is 85.2 Å². The van der Waals surface area contributed by atoms with Crippen LogP contribution < -0.4 is 22.1 Å². The molecule has 0 heterocycles. The molecule has 0 fully saturated rings. The van der Waals surface area contributed by atoms with Crippen LogP contribution in [0.2, 0.25) is 0 Å². The van der Waals surface area contributed by atoms with Gasteiger partial charge in [0.15, 0.2) is 0 Å². The fourth-order valence-corrected chi connectivity index (χ4v) is 7.47. The van der Waals surface area contributed by atoms with Crippen LogP contribution in [0.4, 0.5) is 9.59 Å². The average molecular weight is 732 g/mol. The Labute approximate surface area is 304 Å². The van der Waals surface area contributed by atoms with Crippen molar-refractivity contribution in [2.24, 2.45) is 29.2 Å². The fraction of sp³-hybridized carbons (Fsp3) is 0.600. The molecule has 2 atom stereocenters. The number of hydrogen-bond donors (Lipinski definition) is 4. The van der Waals surface area contributed by atoms with Gasteiger partial charge in [0, 0.05) is 63.4 Å². The van der Waals surface area contributed by atoms with E-state index >= 15 is 0 Å². The van der Waals surface area contributed by atoms with E-state index in [0.717, 1.165) is 37.2 Å². The van der Waals surface area contributed by atoms with E-state index in [0.29, 0.717) is 57.6 Å². The Morgan fingerprint density at radius 2 is 1.15 bits per heavy atom. The summed E-state index contributed by atoms with van der Waals surface area (Å²) in [6, 6.07) is 20.7. The van der Waals surface area contributed by atoms with E-state index < -0.39 is 0 Å². The van der Waals surface area contributed by atoms with E-state index in [9.17, 15) is 9.59 Å². The summed E-state index contributed by atoms with van der Waals surface area (Å²) in [6.45, 7) is 12.7. The van der Waals surface area contributed by atoms with Gasteiger partial charge in [-0.25, -0.2) is 9.59 Å². The zero-order valence-corrected chi connectivity index (χ0v) is 32.0. The van der Waals surface area contributed by atoms with Gasteiger partial charge in [-0.1, -0.05) is 110 Å². The minimum atomic E-state index is -0.0446. The molecule has 2 aromatic rings. The summed E-state index contributed by atoms with van der Waals surface area (Å²) >= 11 is 0. The minimum absolute atomic E-state index is 0. The van der Waals surface area contributed by atoms with Crippen LogP contribution in [0.5, 0.6) is 0 Å². The summed E-state index contributed by atoms with van der Waals surface area (Å²) in [5.74, 6) is 2.95. The fourth-order valence-electron chi connectivity index (χ4n) is 4.84. The van der Waals surface area contributed by atoms with Gasteiger partial charge in [0.25, 0.3) is 0 Å². The summed E-state index contributed by atoms with van der Waals surface area (Å²) in [7, 11) is 3.59. The predicted molar refractivity (Wildman–Crippen MR) is 209 cm³/mol. The molecule has 8 nitrogen and oxygen atoms in total. The molecule has 0 aliphatic rings. The summed E-state index contributed by atoms with van der Waals surface area (Å²) < 4.78 is 0. The number of halogens is 2. The second-order valence-corrected chi connectivity index (χ2v) is 15.1. The normalized spacial score (nSPS) is 12.1. The van der Waals surface area contributed by atoms with Gasteiger partial charge in [-0.2, -0.15) is 0 Å². The number of benzene rings is 2. The smallest absolute Gasteiger partial charge is 0.317 e. The first-order chi connectivity index (χ1) is 21.7. The molecule has 0 aliphatic heterocycles. The number of rotatable bonds is 22. The number of nitrogens with two attached hydrogens (primary N) is 2. The van der Waals surface area contributed by atoms with Crippen molar-refractivity contribution in [1.82, 2.24) is 20.4 Å². The van der Waals surface area contributed by atoms with Crippen LogP contribution in [-0.2, 0) is 12.8 Å². The second kappa shape index (κ2) is 27.1. The largest absolute Gasteiger partial charge is 0.338 e. The van der Waals surface area contributed by atoms with E-state index in [4.69, 9.17) is 11.5 Å². The molecule has 0 saturated heterocycles. The number of carbonyl (C=O) groups excluding carboxylic acids is 2. The first-order valence-electron chi connectivity index (χ1n) is 16.5. The quantitative estimate of drug-likeness (QED) is 0.0791. The summed E-state index contributed by atoms with van der Waals surface area (Å²) in [6.07, 6.45) is 3.54. The SMILES string of the molecule is CC(C)CCN(CCN)C(=O)NC[C@@H](CSSC[C@@H](Cc1ccccc1)NC(=O)N(CCN)CCC(C)C)Cc1ccccc1.Cl.Cl. The van der Waals surface area contributed by atoms with Gasteiger partial charge in [-0.3, -0.25) is 0 Å². The van der Waals surface area contributed by atoms with Crippen molar-refractivity contribution < 1.29 is 9.59 Å². The third-order valence-corrected chi connectivity index (χ3v) is 10.2. The van der Waals surface area contributed by atoms with E-state index in [1.807, 2.05) is 44.9 Å². The Bertz CT molecular complexity index is 1070. The maximum Gasteiger partial charge on any atom is 0.317 e. The lowest BCUT2D eigenvalue weighted by Gasteiger charge is -2.27. The number of carbonyl (C=O) groups is 2. The van der Waals surface area contributed by atoms with Crippen LogP contribution in [0, 0.1) is 17.8 Å². The molecule has 0 aliphatic carbocycles. The van der Waals surface area contributed by atoms with Gasteiger partial charge in [-0.05, 0) is 54.6 Å². The number of amides is 4. The molecular weight excluding hydrogens is 671 g/mol. The molecule has 0 radical (unpaired) electrons. The Morgan fingerprint density at radius 1 is 0.681 bits per heavy atom. The standard InChI is InChI=1S/C35H58N6O2S2.2ClH/c1-28(2)15-19-40(21-17-36)34(42)38-25-32(23-30-11-7-5-8-12-30)26-44-45-27-33(24-31-13-9-6-10-14-31)39-35(43)41(22-18-37)20-16-29(3)4;;/h5-14,28-29,32-33H,15-27,36-37H2,1-4H3,(H,38,42)(H,39,43);2*1H/t32-,33+;;/m0../s1. The highest BCUT2D eigenvalue weighted by molar-refractivity contribution is 8.76. The summed E-state index contributed by atoms with van der Waals surface area (Å²) in [5, 5.41) is 6.51. The Balaban J connectivity index is 0.0000106. The van der Waals surface area contributed by atoms with Gasteiger partial charge in [0.1, 0.15) is 0 Å². The Morgan fingerprint density at radius 3 is 1.64 bits per heavy atom. The molecule has 2 rings (SSSR count). The number of nitrogens with one attached hydrogen (secondary N) is 2. The van der Waals surface area contributed by atoms with Crippen molar-refractivity contribution in [3.8, 4) is 0 Å². The van der Waals surface area contributed by atoms with Crippen molar-refractivity contribution in [1.29, 1.82) is 0 Å². The maximum atomic E-state index is 13.3. The topological polar surface area (TPSA) is 117 Å². The number of urea groups is 2. The molecular formula is C35H60Cl2N6O2S2. The Hall–Kier alpha value is -1.82. The van der Waals surface area contributed by atoms with E-state index in [-0.39, 0.29) is 48.8 Å². The maximum absolute atomic E-state index is 13.3. The molecule has 0 spiro atoms. The highest BCUT2D eigenvalue weighted by Crippen LogP contribution is 2.27. The molecule has 6 N–H and O–H groups in total. The van der Waals surface area contributed by atoms with Gasteiger partial charge < -0.3 is 31.9 Å². The lowest BCUT2D eigenvalue weighted by Crippen LogP contribution is -2.48. The van der Waals surface area contributed by atoms with Crippen LogP contribution >= 0.6 is 46.4 Å². The van der Waals surface area contributed by atoms with Gasteiger partial charge in [-0.15, -0.1) is 24.8 Å².